The third kappa shape index (κ3) is 4.41. The lowest BCUT2D eigenvalue weighted by molar-refractivity contribution is -0.0529. The van der Waals surface area contributed by atoms with Gasteiger partial charge in [-0.1, -0.05) is 0 Å². The standard InChI is InChI=1S/C24H18F4N4O4/c25-23(26)35-18-10-13(21(33)31-8-1-9-31)2-4-16(18)20-17-12-32(22(34)15(17)6-7-29-20)14-3-5-19(30-11-14)36-24(27)28/h2-7,10-11,23-24H,1,8-9,12H2. The number of halogens is 4. The predicted molar refractivity (Wildman–Crippen MR) is 118 cm³/mol. The average molecular weight is 502 g/mol. The first-order valence-corrected chi connectivity index (χ1v) is 10.9. The van der Waals surface area contributed by atoms with Crippen molar-refractivity contribution in [3.8, 4) is 22.9 Å². The van der Waals surface area contributed by atoms with E-state index in [0.29, 0.717) is 24.3 Å². The maximum absolute atomic E-state index is 13.3. The molecule has 0 unspecified atom stereocenters. The molecule has 0 radical (unpaired) electrons. The Morgan fingerprint density at radius 1 is 0.944 bits per heavy atom. The van der Waals surface area contributed by atoms with Crippen LogP contribution >= 0.6 is 0 Å². The highest BCUT2D eigenvalue weighted by atomic mass is 19.3. The summed E-state index contributed by atoms with van der Waals surface area (Å²) in [6.07, 6.45) is 3.47. The Morgan fingerprint density at radius 2 is 1.72 bits per heavy atom. The molecule has 0 atom stereocenters. The Hall–Kier alpha value is -4.22. The van der Waals surface area contributed by atoms with Crippen molar-refractivity contribution < 1.29 is 36.6 Å². The Morgan fingerprint density at radius 3 is 2.36 bits per heavy atom. The van der Waals surface area contributed by atoms with Gasteiger partial charge >= 0.3 is 13.2 Å². The fourth-order valence-electron chi connectivity index (χ4n) is 4.11. The van der Waals surface area contributed by atoms with Gasteiger partial charge in [-0.05, 0) is 36.8 Å². The van der Waals surface area contributed by atoms with E-state index in [1.54, 1.807) is 4.90 Å². The number of likely N-dealkylation sites (tertiary alicyclic amines) is 1. The summed E-state index contributed by atoms with van der Waals surface area (Å²) in [6.45, 7) is -4.96. The van der Waals surface area contributed by atoms with Crippen molar-refractivity contribution in [3.63, 3.8) is 0 Å². The lowest BCUT2D eigenvalue weighted by atomic mass is 10.00. The molecule has 1 saturated heterocycles. The summed E-state index contributed by atoms with van der Waals surface area (Å²) in [7, 11) is 0. The van der Waals surface area contributed by atoms with Crippen molar-refractivity contribution in [2.45, 2.75) is 26.2 Å². The molecule has 8 nitrogen and oxygen atoms in total. The SMILES string of the molecule is O=C(c1ccc(-c2nccc3c2CN(c2ccc(OC(F)F)nc2)C3=O)c(OC(F)F)c1)N1CCC1. The van der Waals surface area contributed by atoms with Crippen LogP contribution in [0.1, 0.15) is 32.7 Å². The molecule has 2 amide bonds. The Labute approximate surface area is 202 Å². The van der Waals surface area contributed by atoms with Crippen LogP contribution in [0.4, 0.5) is 23.2 Å². The number of amides is 2. The van der Waals surface area contributed by atoms with Gasteiger partial charge < -0.3 is 19.3 Å². The summed E-state index contributed by atoms with van der Waals surface area (Å²) in [5.74, 6) is -1.23. The molecule has 0 bridgehead atoms. The summed E-state index contributed by atoms with van der Waals surface area (Å²) in [6, 6.07) is 8.35. The van der Waals surface area contributed by atoms with Gasteiger partial charge in [-0.3, -0.25) is 14.6 Å². The Balaban J connectivity index is 1.49. The predicted octanol–water partition coefficient (Wildman–Crippen LogP) is 4.35. The zero-order chi connectivity index (χ0) is 25.4. The highest BCUT2D eigenvalue weighted by molar-refractivity contribution is 6.11. The van der Waals surface area contributed by atoms with Crippen LogP contribution in [0.3, 0.4) is 0 Å². The van der Waals surface area contributed by atoms with Crippen molar-refractivity contribution in [1.29, 1.82) is 0 Å². The molecule has 36 heavy (non-hydrogen) atoms. The molecule has 12 heteroatoms. The number of rotatable bonds is 7. The minimum absolute atomic E-state index is 0.0245. The third-order valence-corrected chi connectivity index (χ3v) is 5.93. The van der Waals surface area contributed by atoms with Crippen LogP contribution in [-0.2, 0) is 6.54 Å². The van der Waals surface area contributed by atoms with Crippen LogP contribution < -0.4 is 14.4 Å². The van der Waals surface area contributed by atoms with Gasteiger partial charge in [-0.15, -0.1) is 0 Å². The van der Waals surface area contributed by atoms with Gasteiger partial charge in [0.25, 0.3) is 11.8 Å². The molecule has 0 saturated carbocycles. The third-order valence-electron chi connectivity index (χ3n) is 5.93. The number of hydrogen-bond acceptors (Lipinski definition) is 6. The highest BCUT2D eigenvalue weighted by Gasteiger charge is 2.33. The number of carbonyl (C=O) groups excluding carboxylic acids is 2. The molecular formula is C24H18F4N4O4. The fourth-order valence-corrected chi connectivity index (χ4v) is 4.11. The second-order valence-corrected chi connectivity index (χ2v) is 8.05. The van der Waals surface area contributed by atoms with Gasteiger partial charge in [0.1, 0.15) is 5.75 Å². The van der Waals surface area contributed by atoms with Crippen molar-refractivity contribution in [1.82, 2.24) is 14.9 Å². The van der Waals surface area contributed by atoms with Gasteiger partial charge in [0, 0.05) is 47.6 Å². The Bertz CT molecular complexity index is 1320. The number of alkyl halides is 4. The van der Waals surface area contributed by atoms with Gasteiger partial charge in [0.15, 0.2) is 0 Å². The number of benzene rings is 1. The van der Waals surface area contributed by atoms with Crippen molar-refractivity contribution in [2.75, 3.05) is 18.0 Å². The number of nitrogens with zero attached hydrogens (tertiary/aromatic N) is 4. The van der Waals surface area contributed by atoms with E-state index in [1.807, 2.05) is 0 Å². The molecule has 3 aromatic rings. The average Bonchev–Trinajstić information content (AvgIpc) is 3.14. The van der Waals surface area contributed by atoms with E-state index < -0.39 is 19.1 Å². The molecule has 5 rings (SSSR count). The molecule has 0 aliphatic carbocycles. The number of aromatic nitrogens is 2. The monoisotopic (exact) mass is 502 g/mol. The number of fused-ring (bicyclic) bond motifs is 1. The van der Waals surface area contributed by atoms with Crippen molar-refractivity contribution in [2.24, 2.45) is 0 Å². The number of carbonyl (C=O) groups is 2. The van der Waals surface area contributed by atoms with E-state index >= 15 is 0 Å². The van der Waals surface area contributed by atoms with Gasteiger partial charge in [-0.2, -0.15) is 17.6 Å². The van der Waals surface area contributed by atoms with Crippen LogP contribution in [0.15, 0.2) is 48.8 Å². The second-order valence-electron chi connectivity index (χ2n) is 8.05. The van der Waals surface area contributed by atoms with E-state index in [0.717, 1.165) is 6.42 Å². The maximum Gasteiger partial charge on any atom is 0.388 e. The molecule has 2 aliphatic heterocycles. The number of hydrogen-bond donors (Lipinski definition) is 0. The van der Waals surface area contributed by atoms with Crippen LogP contribution in [0.5, 0.6) is 11.6 Å². The fraction of sp³-hybridized carbons (Fsp3) is 0.250. The second kappa shape index (κ2) is 9.44. The molecule has 2 aromatic heterocycles. The lowest BCUT2D eigenvalue weighted by Crippen LogP contribution is -2.42. The first-order chi connectivity index (χ1) is 17.3. The summed E-state index contributed by atoms with van der Waals surface area (Å²) in [5, 5.41) is 0. The van der Waals surface area contributed by atoms with E-state index in [1.165, 1.54) is 53.7 Å². The number of pyridine rings is 2. The molecular weight excluding hydrogens is 484 g/mol. The minimum atomic E-state index is -3.15. The normalized spacial score (nSPS) is 14.8. The van der Waals surface area contributed by atoms with E-state index in [4.69, 9.17) is 4.74 Å². The first kappa shape index (κ1) is 23.5. The molecule has 0 N–H and O–H groups in total. The smallest absolute Gasteiger partial charge is 0.388 e. The quantitative estimate of drug-likeness (QED) is 0.447. The van der Waals surface area contributed by atoms with Crippen LogP contribution in [-0.4, -0.2) is 53.0 Å². The van der Waals surface area contributed by atoms with Gasteiger partial charge in [-0.25, -0.2) is 4.98 Å². The molecule has 186 valence electrons. The van der Waals surface area contributed by atoms with Crippen molar-refractivity contribution in [3.05, 3.63) is 65.5 Å². The summed E-state index contributed by atoms with van der Waals surface area (Å²) >= 11 is 0. The highest BCUT2D eigenvalue weighted by Crippen LogP contribution is 2.38. The summed E-state index contributed by atoms with van der Waals surface area (Å²) in [5.41, 5.74) is 1.71. The maximum atomic E-state index is 13.3. The summed E-state index contributed by atoms with van der Waals surface area (Å²) < 4.78 is 60.3. The van der Waals surface area contributed by atoms with Crippen LogP contribution in [0.2, 0.25) is 0 Å². The molecule has 1 fully saturated rings. The first-order valence-electron chi connectivity index (χ1n) is 10.9. The van der Waals surface area contributed by atoms with Crippen molar-refractivity contribution >= 4 is 17.5 Å². The van der Waals surface area contributed by atoms with Crippen LogP contribution in [0.25, 0.3) is 11.3 Å². The van der Waals surface area contributed by atoms with Crippen LogP contribution in [0, 0.1) is 0 Å². The lowest BCUT2D eigenvalue weighted by Gasteiger charge is -2.31. The molecule has 2 aliphatic rings. The van der Waals surface area contributed by atoms with E-state index in [-0.39, 0.29) is 46.5 Å². The molecule has 4 heterocycles. The zero-order valence-electron chi connectivity index (χ0n) is 18.5. The minimum Gasteiger partial charge on any atom is -0.434 e. The number of anilines is 1. The zero-order valence-corrected chi connectivity index (χ0v) is 18.5. The Kier molecular flexibility index (Phi) is 6.17. The van der Waals surface area contributed by atoms with Gasteiger partial charge in [0.05, 0.1) is 24.1 Å². The molecule has 0 spiro atoms. The molecule has 1 aromatic carbocycles. The summed E-state index contributed by atoms with van der Waals surface area (Å²) in [4.78, 5) is 36.7. The van der Waals surface area contributed by atoms with E-state index in [9.17, 15) is 27.2 Å². The largest absolute Gasteiger partial charge is 0.434 e. The topological polar surface area (TPSA) is 84.9 Å². The number of ether oxygens (including phenoxy) is 2. The van der Waals surface area contributed by atoms with Gasteiger partial charge in [0.2, 0.25) is 5.88 Å². The van der Waals surface area contributed by atoms with E-state index in [2.05, 4.69) is 14.7 Å².